The molecule has 4 aromatic rings. The van der Waals surface area contributed by atoms with Crippen molar-refractivity contribution in [2.45, 2.75) is 33.5 Å². The smallest absolute Gasteiger partial charge is 0.125 e. The van der Waals surface area contributed by atoms with Gasteiger partial charge in [0.2, 0.25) is 0 Å². The van der Waals surface area contributed by atoms with Crippen LogP contribution in [0.15, 0.2) is 97.1 Å². The van der Waals surface area contributed by atoms with E-state index in [1.54, 1.807) is 0 Å². The van der Waals surface area contributed by atoms with Crippen molar-refractivity contribution in [2.24, 2.45) is 0 Å². The zero-order chi connectivity index (χ0) is 23.9. The highest BCUT2D eigenvalue weighted by Crippen LogP contribution is 2.31. The minimum atomic E-state index is 0.322. The number of para-hydroxylation sites is 4. The second kappa shape index (κ2) is 10.8. The molecule has 0 saturated carbocycles. The lowest BCUT2D eigenvalue weighted by Crippen LogP contribution is -2.24. The number of rotatable bonds is 9. The molecule has 174 valence electrons. The molecule has 0 atom stereocenters. The highest BCUT2D eigenvalue weighted by atomic mass is 16.3. The third-order valence-electron chi connectivity index (χ3n) is 6.23. The molecule has 4 heteroatoms. The summed E-state index contributed by atoms with van der Waals surface area (Å²) in [6.45, 7) is 6.56. The maximum atomic E-state index is 11.2. The van der Waals surface area contributed by atoms with E-state index in [1.165, 1.54) is 0 Å². The molecular formula is C30H32N2O2. The number of hydrogen-bond acceptors (Lipinski definition) is 4. The van der Waals surface area contributed by atoms with Gasteiger partial charge in [0.1, 0.15) is 11.5 Å². The van der Waals surface area contributed by atoms with Crippen LogP contribution in [0, 0.1) is 6.92 Å². The van der Waals surface area contributed by atoms with E-state index in [1.807, 2.05) is 79.7 Å². The number of phenolic OH excluding ortho intramolecular Hbond substituents is 2. The van der Waals surface area contributed by atoms with Gasteiger partial charge in [-0.05, 0) is 43.7 Å². The van der Waals surface area contributed by atoms with Gasteiger partial charge in [0.25, 0.3) is 0 Å². The van der Waals surface area contributed by atoms with E-state index in [4.69, 9.17) is 0 Å². The van der Waals surface area contributed by atoms with Crippen LogP contribution in [0.1, 0.15) is 29.2 Å². The van der Waals surface area contributed by atoms with E-state index < -0.39 is 0 Å². The van der Waals surface area contributed by atoms with Crippen LogP contribution in [0.3, 0.4) is 0 Å². The fourth-order valence-corrected chi connectivity index (χ4v) is 4.27. The molecule has 0 saturated heterocycles. The first-order valence-electron chi connectivity index (χ1n) is 11.7. The molecule has 0 aliphatic rings. The maximum Gasteiger partial charge on any atom is 0.125 e. The summed E-state index contributed by atoms with van der Waals surface area (Å²) < 4.78 is 0. The average Bonchev–Trinajstić information content (AvgIpc) is 2.87. The molecular weight excluding hydrogens is 420 g/mol. The molecule has 4 rings (SSSR count). The van der Waals surface area contributed by atoms with Gasteiger partial charge in [-0.25, -0.2) is 0 Å². The Hall–Kier alpha value is -3.92. The first-order valence-corrected chi connectivity index (χ1v) is 11.7. The van der Waals surface area contributed by atoms with Crippen molar-refractivity contribution in [2.75, 3.05) is 16.3 Å². The number of aromatic hydroxyl groups is 2. The van der Waals surface area contributed by atoms with E-state index in [0.29, 0.717) is 31.1 Å². The lowest BCUT2D eigenvalue weighted by atomic mass is 10.1. The summed E-state index contributed by atoms with van der Waals surface area (Å²) in [6.07, 6.45) is 0. The van der Waals surface area contributed by atoms with Crippen LogP contribution in [0.4, 0.5) is 11.4 Å². The highest BCUT2D eigenvalue weighted by Gasteiger charge is 2.16. The molecule has 0 aliphatic carbocycles. The standard InChI is InChI=1S/C30H32N2O2/c1-3-31(27-16-6-4-7-17-27)20-25-14-11-15-26(30(25)34)22-32(28-18-8-5-9-19-28)21-24-13-10-12-23(2)29(24)33/h4-19,33-34H,3,20-22H2,1-2H3. The minimum absolute atomic E-state index is 0.322. The third kappa shape index (κ3) is 5.34. The zero-order valence-corrected chi connectivity index (χ0v) is 19.9. The predicted octanol–water partition coefficient (Wildman–Crippen LogP) is 6.64. The Morgan fingerprint density at radius 3 is 1.50 bits per heavy atom. The summed E-state index contributed by atoms with van der Waals surface area (Å²) >= 11 is 0. The van der Waals surface area contributed by atoms with Crippen molar-refractivity contribution in [1.29, 1.82) is 0 Å². The largest absolute Gasteiger partial charge is 0.507 e. The second-order valence-corrected chi connectivity index (χ2v) is 8.55. The Bertz CT molecular complexity index is 1210. The molecule has 0 aromatic heterocycles. The quantitative estimate of drug-likeness (QED) is 0.299. The van der Waals surface area contributed by atoms with E-state index in [-0.39, 0.29) is 0 Å². The molecule has 34 heavy (non-hydrogen) atoms. The second-order valence-electron chi connectivity index (χ2n) is 8.55. The topological polar surface area (TPSA) is 46.9 Å². The van der Waals surface area contributed by atoms with Gasteiger partial charge in [-0.15, -0.1) is 0 Å². The van der Waals surface area contributed by atoms with Crippen molar-refractivity contribution >= 4 is 11.4 Å². The lowest BCUT2D eigenvalue weighted by Gasteiger charge is -2.27. The molecule has 0 bridgehead atoms. The number of nitrogens with zero attached hydrogens (tertiary/aromatic N) is 2. The Labute approximate surface area is 202 Å². The van der Waals surface area contributed by atoms with Gasteiger partial charge in [0, 0.05) is 54.2 Å². The van der Waals surface area contributed by atoms with Gasteiger partial charge >= 0.3 is 0 Å². The Kier molecular flexibility index (Phi) is 7.38. The van der Waals surface area contributed by atoms with E-state index in [2.05, 4.69) is 41.0 Å². The normalized spacial score (nSPS) is 10.8. The van der Waals surface area contributed by atoms with Crippen molar-refractivity contribution in [1.82, 2.24) is 0 Å². The SMILES string of the molecule is CCN(Cc1cccc(CN(Cc2cccc(C)c2O)c2ccccc2)c1O)c1ccccc1. The van der Waals surface area contributed by atoms with Crippen LogP contribution in [-0.2, 0) is 19.6 Å². The Balaban J connectivity index is 1.62. The fraction of sp³-hybridized carbons (Fsp3) is 0.200. The molecule has 0 heterocycles. The molecule has 0 aliphatic heterocycles. The monoisotopic (exact) mass is 452 g/mol. The Morgan fingerprint density at radius 2 is 0.971 bits per heavy atom. The number of hydrogen-bond donors (Lipinski definition) is 2. The number of anilines is 2. The summed E-state index contributed by atoms with van der Waals surface area (Å²) in [6, 6.07) is 32.2. The van der Waals surface area contributed by atoms with Crippen LogP contribution in [0.25, 0.3) is 0 Å². The molecule has 4 nitrogen and oxygen atoms in total. The molecule has 4 aromatic carbocycles. The Morgan fingerprint density at radius 1 is 0.529 bits per heavy atom. The molecule has 0 spiro atoms. The molecule has 0 radical (unpaired) electrons. The van der Waals surface area contributed by atoms with E-state index in [9.17, 15) is 10.2 Å². The van der Waals surface area contributed by atoms with Gasteiger partial charge in [-0.2, -0.15) is 0 Å². The van der Waals surface area contributed by atoms with Gasteiger partial charge in [0.15, 0.2) is 0 Å². The number of phenols is 2. The van der Waals surface area contributed by atoms with Crippen molar-refractivity contribution in [3.63, 3.8) is 0 Å². The van der Waals surface area contributed by atoms with Gasteiger partial charge in [0.05, 0.1) is 0 Å². The van der Waals surface area contributed by atoms with Crippen LogP contribution < -0.4 is 9.80 Å². The first kappa shape index (κ1) is 23.2. The van der Waals surface area contributed by atoms with Crippen molar-refractivity contribution in [3.8, 4) is 11.5 Å². The third-order valence-corrected chi connectivity index (χ3v) is 6.23. The van der Waals surface area contributed by atoms with Crippen LogP contribution in [-0.4, -0.2) is 16.8 Å². The summed E-state index contributed by atoms with van der Waals surface area (Å²) in [7, 11) is 0. The first-order chi connectivity index (χ1) is 16.6. The summed E-state index contributed by atoms with van der Waals surface area (Å²) in [5, 5.41) is 21.8. The summed E-state index contributed by atoms with van der Waals surface area (Å²) in [5.41, 5.74) is 5.65. The summed E-state index contributed by atoms with van der Waals surface area (Å²) in [4.78, 5) is 4.43. The fourth-order valence-electron chi connectivity index (χ4n) is 4.27. The van der Waals surface area contributed by atoms with Crippen LogP contribution in [0.5, 0.6) is 11.5 Å². The van der Waals surface area contributed by atoms with Crippen LogP contribution >= 0.6 is 0 Å². The van der Waals surface area contributed by atoms with Crippen molar-refractivity contribution in [3.05, 3.63) is 119 Å². The van der Waals surface area contributed by atoms with Gasteiger partial charge < -0.3 is 20.0 Å². The molecule has 0 fully saturated rings. The van der Waals surface area contributed by atoms with Gasteiger partial charge in [-0.3, -0.25) is 0 Å². The summed E-state index contributed by atoms with van der Waals surface area (Å²) in [5.74, 6) is 0.647. The zero-order valence-electron chi connectivity index (χ0n) is 19.9. The lowest BCUT2D eigenvalue weighted by molar-refractivity contribution is 0.457. The maximum absolute atomic E-state index is 11.2. The van der Waals surface area contributed by atoms with E-state index in [0.717, 1.165) is 40.2 Å². The molecule has 0 amide bonds. The highest BCUT2D eigenvalue weighted by molar-refractivity contribution is 5.53. The molecule has 0 unspecified atom stereocenters. The molecule has 2 N–H and O–H groups in total. The number of aryl methyl sites for hydroxylation is 1. The van der Waals surface area contributed by atoms with Crippen LogP contribution in [0.2, 0.25) is 0 Å². The predicted molar refractivity (Wildman–Crippen MR) is 140 cm³/mol. The van der Waals surface area contributed by atoms with E-state index >= 15 is 0 Å². The van der Waals surface area contributed by atoms with Crippen molar-refractivity contribution < 1.29 is 10.2 Å². The minimum Gasteiger partial charge on any atom is -0.507 e. The number of benzene rings is 4. The van der Waals surface area contributed by atoms with Gasteiger partial charge in [-0.1, -0.05) is 72.8 Å². The average molecular weight is 453 g/mol.